The van der Waals surface area contributed by atoms with E-state index in [9.17, 15) is 14.7 Å². The van der Waals surface area contributed by atoms with Crippen LogP contribution in [0.15, 0.2) is 65.3 Å². The van der Waals surface area contributed by atoms with Crippen molar-refractivity contribution in [3.63, 3.8) is 0 Å². The molecule has 188 valence electrons. The summed E-state index contributed by atoms with van der Waals surface area (Å²) in [7, 11) is 0. The summed E-state index contributed by atoms with van der Waals surface area (Å²) in [6, 6.07) is 14.3. The van der Waals surface area contributed by atoms with Crippen LogP contribution in [0.4, 0.5) is 5.69 Å². The van der Waals surface area contributed by atoms with Gasteiger partial charge in [0.1, 0.15) is 5.75 Å². The number of anilines is 1. The third kappa shape index (κ3) is 4.51. The number of nitrogens with zero attached hydrogens (tertiary/aromatic N) is 1. The second kappa shape index (κ2) is 10.2. The Morgan fingerprint density at radius 1 is 1.11 bits per heavy atom. The van der Waals surface area contributed by atoms with Gasteiger partial charge in [-0.25, -0.2) is 0 Å². The topological polar surface area (TPSA) is 66.8 Å². The Morgan fingerprint density at radius 2 is 1.89 bits per heavy atom. The van der Waals surface area contributed by atoms with Crippen molar-refractivity contribution in [2.75, 3.05) is 11.5 Å². The number of hydrogen-bond donors (Lipinski definition) is 1. The molecule has 5 nitrogen and oxygen atoms in total. The van der Waals surface area contributed by atoms with Gasteiger partial charge in [-0.2, -0.15) is 0 Å². The molecule has 2 saturated heterocycles. The summed E-state index contributed by atoms with van der Waals surface area (Å²) in [5, 5.41) is 10.2. The zero-order valence-electron chi connectivity index (χ0n) is 20.7. The summed E-state index contributed by atoms with van der Waals surface area (Å²) >= 11 is 6.34. The molecule has 2 aromatic rings. The first-order valence-corrected chi connectivity index (χ1v) is 13.2. The number of halogens is 1. The minimum absolute atomic E-state index is 0.0379. The van der Waals surface area contributed by atoms with Crippen LogP contribution in [0.5, 0.6) is 5.75 Å². The van der Waals surface area contributed by atoms with Crippen molar-refractivity contribution in [2.45, 2.75) is 52.1 Å². The molecule has 5 rings (SSSR count). The highest BCUT2D eigenvalue weighted by atomic mass is 35.5. The van der Waals surface area contributed by atoms with Crippen molar-refractivity contribution in [1.82, 2.24) is 0 Å². The van der Waals surface area contributed by atoms with Crippen LogP contribution in [0.2, 0.25) is 5.02 Å². The Kier molecular flexibility index (Phi) is 7.05. The lowest BCUT2D eigenvalue weighted by Gasteiger charge is -2.30. The molecule has 0 saturated carbocycles. The first kappa shape index (κ1) is 24.8. The van der Waals surface area contributed by atoms with Crippen molar-refractivity contribution >= 4 is 35.2 Å². The predicted molar refractivity (Wildman–Crippen MR) is 142 cm³/mol. The Balaban J connectivity index is 1.34. The second-order valence-electron chi connectivity index (χ2n) is 10.1. The van der Waals surface area contributed by atoms with E-state index in [1.165, 1.54) is 21.6 Å². The molecular weight excluding hydrogens is 474 g/mol. The highest BCUT2D eigenvalue weighted by molar-refractivity contribution is 6.32. The van der Waals surface area contributed by atoms with Gasteiger partial charge in [-0.3, -0.25) is 14.5 Å². The van der Waals surface area contributed by atoms with E-state index >= 15 is 0 Å². The number of amides is 2. The second-order valence-corrected chi connectivity index (χ2v) is 10.6. The molecule has 2 fully saturated rings. The normalized spacial score (nSPS) is 26.0. The summed E-state index contributed by atoms with van der Waals surface area (Å²) in [6.07, 6.45) is 6.35. The number of carbonyl (C=O) groups is 2. The van der Waals surface area contributed by atoms with Gasteiger partial charge in [0.05, 0.1) is 35.3 Å². The summed E-state index contributed by atoms with van der Waals surface area (Å²) in [4.78, 5) is 28.2. The van der Waals surface area contributed by atoms with E-state index in [0.717, 1.165) is 31.2 Å². The summed E-state index contributed by atoms with van der Waals surface area (Å²) in [5.41, 5.74) is 5.26. The average molecular weight is 506 g/mol. The van der Waals surface area contributed by atoms with Gasteiger partial charge in [0, 0.05) is 5.92 Å². The lowest BCUT2D eigenvalue weighted by Crippen LogP contribution is -2.34. The highest BCUT2D eigenvalue weighted by Gasteiger charge is 2.56. The standard InChI is InChI=1S/C30H32ClNO4/c1-3-7-19(15-20-11-12-22(33)16-25(20)31)10-13-26-27-18(2)14-23-28(24(27)17-36-26)30(35)32(29(23)34)21-8-5-4-6-9-21/h4-6,8-9,11-12,15-16,23-24,26,28,33H,3,7,10,13-14,17H2,1-2H3/b19-15+/t23-,24+,26-,28-/m1/s1. The molecule has 0 bridgehead atoms. The van der Waals surface area contributed by atoms with Gasteiger partial charge < -0.3 is 9.84 Å². The van der Waals surface area contributed by atoms with Crippen LogP contribution in [0.1, 0.15) is 51.5 Å². The van der Waals surface area contributed by atoms with Gasteiger partial charge in [-0.15, -0.1) is 0 Å². The lowest BCUT2D eigenvalue weighted by atomic mass is 9.70. The molecular formula is C30H32ClNO4. The van der Waals surface area contributed by atoms with Crippen LogP contribution in [0.3, 0.4) is 0 Å². The number of phenolic OH excluding ortho intramolecular Hbond substituents is 1. The number of carbonyl (C=O) groups excluding carboxylic acids is 2. The number of rotatable bonds is 7. The molecule has 1 aliphatic carbocycles. The van der Waals surface area contributed by atoms with Gasteiger partial charge in [-0.1, -0.05) is 60.4 Å². The molecule has 36 heavy (non-hydrogen) atoms. The van der Waals surface area contributed by atoms with Crippen LogP contribution < -0.4 is 4.90 Å². The number of imide groups is 1. The van der Waals surface area contributed by atoms with Crippen LogP contribution >= 0.6 is 11.6 Å². The van der Waals surface area contributed by atoms with E-state index < -0.39 is 0 Å². The largest absolute Gasteiger partial charge is 0.508 e. The monoisotopic (exact) mass is 505 g/mol. The maximum Gasteiger partial charge on any atom is 0.238 e. The first-order valence-electron chi connectivity index (χ1n) is 12.8. The molecule has 2 aliphatic heterocycles. The minimum atomic E-state index is -0.345. The Labute approximate surface area is 217 Å². The maximum absolute atomic E-state index is 13.5. The smallest absolute Gasteiger partial charge is 0.238 e. The number of phenols is 1. The molecule has 0 spiro atoms. The molecule has 0 unspecified atom stereocenters. The number of benzene rings is 2. The van der Waals surface area contributed by atoms with E-state index in [2.05, 4.69) is 19.9 Å². The maximum atomic E-state index is 13.5. The van der Waals surface area contributed by atoms with Crippen molar-refractivity contribution < 1.29 is 19.4 Å². The SMILES string of the molecule is CCC/C(=C\c1ccc(O)cc1Cl)CC[C@H]1OC[C@H]2C1=C(C)C[C@H]1C(=O)N(c3ccccc3)C(=O)[C@H]12. The fourth-order valence-electron chi connectivity index (χ4n) is 6.22. The molecule has 0 radical (unpaired) electrons. The van der Waals surface area contributed by atoms with Crippen molar-refractivity contribution in [3.05, 3.63) is 75.8 Å². The third-order valence-corrected chi connectivity index (χ3v) is 8.14. The summed E-state index contributed by atoms with van der Waals surface area (Å²) < 4.78 is 6.30. The Morgan fingerprint density at radius 3 is 2.61 bits per heavy atom. The average Bonchev–Trinajstić information content (AvgIpc) is 3.39. The molecule has 6 heteroatoms. The number of hydrogen-bond acceptors (Lipinski definition) is 4. The molecule has 0 aromatic heterocycles. The zero-order chi connectivity index (χ0) is 25.4. The van der Waals surface area contributed by atoms with Crippen molar-refractivity contribution in [1.29, 1.82) is 0 Å². The molecule has 2 aromatic carbocycles. The lowest BCUT2D eigenvalue weighted by molar-refractivity contribution is -0.122. The van der Waals surface area contributed by atoms with Gasteiger partial charge in [0.15, 0.2) is 0 Å². The number of para-hydroxylation sites is 1. The van der Waals surface area contributed by atoms with Gasteiger partial charge in [0.25, 0.3) is 0 Å². The zero-order valence-corrected chi connectivity index (χ0v) is 21.5. The van der Waals surface area contributed by atoms with E-state index in [0.29, 0.717) is 23.7 Å². The minimum Gasteiger partial charge on any atom is -0.508 e. The van der Waals surface area contributed by atoms with Crippen molar-refractivity contribution in [2.24, 2.45) is 17.8 Å². The molecule has 4 atom stereocenters. The fourth-order valence-corrected chi connectivity index (χ4v) is 6.45. The van der Waals surface area contributed by atoms with Crippen LogP contribution in [0, 0.1) is 17.8 Å². The van der Waals surface area contributed by atoms with Gasteiger partial charge in [-0.05, 0) is 74.1 Å². The molecule has 2 heterocycles. The molecule has 1 N–H and O–H groups in total. The highest BCUT2D eigenvalue weighted by Crippen LogP contribution is 2.50. The fraction of sp³-hybridized carbons (Fsp3) is 0.400. The van der Waals surface area contributed by atoms with E-state index in [1.807, 2.05) is 36.4 Å². The van der Waals surface area contributed by atoms with Crippen LogP contribution in [0.25, 0.3) is 6.08 Å². The Bertz CT molecular complexity index is 1230. The molecule has 3 aliphatic rings. The number of aromatic hydroxyl groups is 1. The number of allylic oxidation sites excluding steroid dienone is 2. The van der Waals surface area contributed by atoms with Crippen LogP contribution in [-0.2, 0) is 14.3 Å². The van der Waals surface area contributed by atoms with E-state index in [1.54, 1.807) is 12.1 Å². The summed E-state index contributed by atoms with van der Waals surface area (Å²) in [6.45, 7) is 4.74. The van der Waals surface area contributed by atoms with E-state index in [-0.39, 0.29) is 41.4 Å². The third-order valence-electron chi connectivity index (χ3n) is 7.81. The number of ether oxygens (including phenoxy) is 1. The summed E-state index contributed by atoms with van der Waals surface area (Å²) in [5.74, 6) is -0.711. The quantitative estimate of drug-likeness (QED) is 0.342. The predicted octanol–water partition coefficient (Wildman–Crippen LogP) is 6.55. The first-order chi connectivity index (χ1) is 17.4. The van der Waals surface area contributed by atoms with Crippen LogP contribution in [-0.4, -0.2) is 29.6 Å². The molecule has 2 amide bonds. The van der Waals surface area contributed by atoms with Gasteiger partial charge >= 0.3 is 0 Å². The van der Waals surface area contributed by atoms with Crippen molar-refractivity contribution in [3.8, 4) is 5.75 Å². The Hall–Kier alpha value is -2.89. The van der Waals surface area contributed by atoms with E-state index in [4.69, 9.17) is 16.3 Å². The van der Waals surface area contributed by atoms with Gasteiger partial charge in [0.2, 0.25) is 11.8 Å². The number of fused-ring (bicyclic) bond motifs is 3.